The van der Waals surface area contributed by atoms with E-state index in [9.17, 15) is 0 Å². The van der Waals surface area contributed by atoms with Gasteiger partial charge in [-0.1, -0.05) is 39.7 Å². The lowest BCUT2D eigenvalue weighted by atomic mass is 9.82. The Morgan fingerprint density at radius 3 is 2.89 bits per heavy atom. The second kappa shape index (κ2) is 8.55. The summed E-state index contributed by atoms with van der Waals surface area (Å²) in [5.41, 5.74) is 6.12. The summed E-state index contributed by atoms with van der Waals surface area (Å²) in [7, 11) is 1.53. The van der Waals surface area contributed by atoms with E-state index < -0.39 is 0 Å². The highest BCUT2D eigenvalue weighted by Crippen LogP contribution is 2.44. The first-order chi connectivity index (χ1) is 13.2. The Bertz CT molecular complexity index is 858. The summed E-state index contributed by atoms with van der Waals surface area (Å²) < 4.78 is 8.28. The van der Waals surface area contributed by atoms with Crippen LogP contribution in [-0.4, -0.2) is 24.5 Å². The van der Waals surface area contributed by atoms with Crippen LogP contribution >= 0.6 is 39.8 Å². The molecule has 1 aliphatic carbocycles. The molecule has 1 saturated heterocycles. The third-order valence-electron chi connectivity index (χ3n) is 5.03. The van der Waals surface area contributed by atoms with Crippen LogP contribution in [0, 0.1) is 5.92 Å². The van der Waals surface area contributed by atoms with E-state index in [0.29, 0.717) is 5.92 Å². The standard InChI is InChI=1S/C20H20BrClN2O2S/c1-25-26-27-24-9-6-13(7-10-24)19-16-5-4-15(22)11-14(16)12-18(21)17-3-2-8-23-20(17)19/h2-5,8,11-13,23H,6-7,9-10H2,1H3. The molecular weight excluding hydrogens is 448 g/mol. The molecule has 0 atom stereocenters. The van der Waals surface area contributed by atoms with E-state index in [1.54, 1.807) is 0 Å². The van der Waals surface area contributed by atoms with Crippen LogP contribution in [0.25, 0.3) is 11.6 Å². The Balaban J connectivity index is 1.72. The Kier molecular flexibility index (Phi) is 6.12. The van der Waals surface area contributed by atoms with Crippen molar-refractivity contribution in [2.45, 2.75) is 12.8 Å². The van der Waals surface area contributed by atoms with E-state index >= 15 is 0 Å². The van der Waals surface area contributed by atoms with Gasteiger partial charge in [-0.05, 0) is 59.7 Å². The average Bonchev–Trinajstić information content (AvgIpc) is 2.81. The highest BCUT2D eigenvalue weighted by Gasteiger charge is 2.30. The number of nitrogens with one attached hydrogen (secondary N) is 1. The molecule has 1 N–H and O–H groups in total. The van der Waals surface area contributed by atoms with Crippen molar-refractivity contribution in [3.8, 4) is 0 Å². The minimum absolute atomic E-state index is 0.452. The quantitative estimate of drug-likeness (QED) is 0.266. The largest absolute Gasteiger partial charge is 0.361 e. The molecule has 4 nitrogen and oxygen atoms in total. The fourth-order valence-electron chi connectivity index (χ4n) is 3.82. The van der Waals surface area contributed by atoms with E-state index in [1.165, 1.54) is 41.7 Å². The van der Waals surface area contributed by atoms with Gasteiger partial charge in [-0.2, -0.15) is 0 Å². The summed E-state index contributed by atoms with van der Waals surface area (Å²) in [4.78, 5) is 4.71. The average molecular weight is 468 g/mol. The molecule has 0 saturated carbocycles. The van der Waals surface area contributed by atoms with Gasteiger partial charge in [0.25, 0.3) is 0 Å². The van der Waals surface area contributed by atoms with Crippen LogP contribution in [0.2, 0.25) is 5.02 Å². The highest BCUT2D eigenvalue weighted by atomic mass is 79.9. The molecule has 0 spiro atoms. The fourth-order valence-corrected chi connectivity index (χ4v) is 5.09. The molecule has 4 rings (SSSR count). The molecule has 2 aliphatic heterocycles. The molecule has 0 amide bonds. The SMILES string of the molecule is COOSN1CCC(C2=C3NC=CC=C3C(Br)=Cc3cc(Cl)ccc32)CC1. The molecule has 1 aromatic carbocycles. The third-order valence-corrected chi connectivity index (χ3v) is 6.70. The molecule has 1 aromatic rings. The van der Waals surface area contributed by atoms with Crippen molar-refractivity contribution >= 4 is 51.4 Å². The number of rotatable bonds is 4. The van der Waals surface area contributed by atoms with Gasteiger partial charge >= 0.3 is 0 Å². The molecular formula is C20H20BrClN2O2S. The number of halogens is 2. The maximum absolute atomic E-state index is 6.29. The van der Waals surface area contributed by atoms with Gasteiger partial charge in [-0.3, -0.25) is 0 Å². The summed E-state index contributed by atoms with van der Waals surface area (Å²) in [5.74, 6) is 0.452. The zero-order chi connectivity index (χ0) is 18.8. The van der Waals surface area contributed by atoms with Crippen LogP contribution in [0.5, 0.6) is 0 Å². The first kappa shape index (κ1) is 19.3. The second-order valence-corrected chi connectivity index (χ2v) is 8.70. The molecule has 0 aromatic heterocycles. The van der Waals surface area contributed by atoms with Gasteiger partial charge < -0.3 is 5.32 Å². The third kappa shape index (κ3) is 4.06. The molecule has 1 fully saturated rings. The summed E-state index contributed by atoms with van der Waals surface area (Å²) in [5, 5.41) is 4.26. The predicted molar refractivity (Wildman–Crippen MR) is 116 cm³/mol. The molecule has 27 heavy (non-hydrogen) atoms. The first-order valence-electron chi connectivity index (χ1n) is 8.85. The summed E-state index contributed by atoms with van der Waals surface area (Å²) in [6.07, 6.45) is 10.5. The first-order valence-corrected chi connectivity index (χ1v) is 10.7. The van der Waals surface area contributed by atoms with Crippen LogP contribution < -0.4 is 5.32 Å². The van der Waals surface area contributed by atoms with Gasteiger partial charge in [-0.25, -0.2) is 9.19 Å². The topological polar surface area (TPSA) is 33.7 Å². The molecule has 7 heteroatoms. The van der Waals surface area contributed by atoms with Crippen molar-refractivity contribution < 1.29 is 9.22 Å². The smallest absolute Gasteiger partial charge is 0.121 e. The number of allylic oxidation sites excluding steroid dienone is 4. The van der Waals surface area contributed by atoms with Crippen LogP contribution in [0.4, 0.5) is 0 Å². The number of hydrogen-bond acceptors (Lipinski definition) is 5. The molecule has 3 aliphatic rings. The van der Waals surface area contributed by atoms with Gasteiger partial charge in [0.2, 0.25) is 0 Å². The van der Waals surface area contributed by atoms with Crippen LogP contribution in [0.15, 0.2) is 52.3 Å². The molecule has 2 heterocycles. The zero-order valence-corrected chi connectivity index (χ0v) is 18.0. The van der Waals surface area contributed by atoms with Gasteiger partial charge in [0.15, 0.2) is 0 Å². The van der Waals surface area contributed by atoms with Gasteiger partial charge in [0.05, 0.1) is 12.8 Å². The van der Waals surface area contributed by atoms with Crippen molar-refractivity contribution in [2.24, 2.45) is 5.92 Å². The van der Waals surface area contributed by atoms with E-state index in [1.807, 2.05) is 24.4 Å². The lowest BCUT2D eigenvalue weighted by Gasteiger charge is -2.33. The van der Waals surface area contributed by atoms with Crippen molar-refractivity contribution in [2.75, 3.05) is 20.2 Å². The monoisotopic (exact) mass is 466 g/mol. The Morgan fingerprint density at radius 2 is 2.11 bits per heavy atom. The van der Waals surface area contributed by atoms with Crippen LogP contribution in [0.3, 0.4) is 0 Å². The van der Waals surface area contributed by atoms with Crippen molar-refractivity contribution in [1.29, 1.82) is 0 Å². The molecule has 0 unspecified atom stereocenters. The van der Waals surface area contributed by atoms with E-state index in [-0.39, 0.29) is 0 Å². The number of fused-ring (bicyclic) bond motifs is 2. The summed E-state index contributed by atoms with van der Waals surface area (Å²) >= 11 is 11.3. The van der Waals surface area contributed by atoms with Crippen molar-refractivity contribution in [3.05, 3.63) is 68.5 Å². The number of hydrogen-bond donors (Lipinski definition) is 1. The molecule has 0 bridgehead atoms. The van der Waals surface area contributed by atoms with Gasteiger partial charge in [-0.15, -0.1) is 4.33 Å². The molecule has 0 radical (unpaired) electrons. The Labute approximate surface area is 177 Å². The summed E-state index contributed by atoms with van der Waals surface area (Å²) in [6.45, 7) is 1.89. The minimum Gasteiger partial charge on any atom is -0.361 e. The van der Waals surface area contributed by atoms with Gasteiger partial charge in [0.1, 0.15) is 12.2 Å². The number of benzene rings is 1. The van der Waals surface area contributed by atoms with Crippen LogP contribution in [0.1, 0.15) is 24.0 Å². The number of piperidine rings is 1. The van der Waals surface area contributed by atoms with Gasteiger partial charge in [0, 0.05) is 34.4 Å². The van der Waals surface area contributed by atoms with Crippen molar-refractivity contribution in [1.82, 2.24) is 9.62 Å². The lowest BCUT2D eigenvalue weighted by molar-refractivity contribution is -0.163. The molecule has 142 valence electrons. The van der Waals surface area contributed by atoms with E-state index in [0.717, 1.165) is 41.0 Å². The maximum Gasteiger partial charge on any atom is 0.121 e. The summed E-state index contributed by atoms with van der Waals surface area (Å²) in [6, 6.07) is 6.17. The normalized spacial score (nSPS) is 20.4. The van der Waals surface area contributed by atoms with E-state index in [4.69, 9.17) is 20.8 Å². The highest BCUT2D eigenvalue weighted by molar-refractivity contribution is 9.12. The Morgan fingerprint density at radius 1 is 1.30 bits per heavy atom. The lowest BCUT2D eigenvalue weighted by Crippen LogP contribution is -2.30. The minimum atomic E-state index is 0.452. The van der Waals surface area contributed by atoms with Crippen molar-refractivity contribution in [3.63, 3.8) is 0 Å². The second-order valence-electron chi connectivity index (χ2n) is 6.61. The van der Waals surface area contributed by atoms with Crippen LogP contribution in [-0.2, 0) is 9.22 Å². The predicted octanol–water partition coefficient (Wildman–Crippen LogP) is 5.70. The number of nitrogens with zero attached hydrogens (tertiary/aromatic N) is 1. The fraction of sp³-hybridized carbons (Fsp3) is 0.300. The Hall–Kier alpha value is -1.02. The number of dihydropyridines is 1. The zero-order valence-electron chi connectivity index (χ0n) is 14.9. The maximum atomic E-state index is 6.29. The van der Waals surface area contributed by atoms with E-state index in [2.05, 4.69) is 43.8 Å².